The van der Waals surface area contributed by atoms with E-state index in [-0.39, 0.29) is 20.8 Å². The molecule has 0 atom stereocenters. The molecule has 0 aromatic heterocycles. The second-order valence-electron chi connectivity index (χ2n) is 9.54. The van der Waals surface area contributed by atoms with Gasteiger partial charge in [-0.2, -0.15) is 0 Å². The van der Waals surface area contributed by atoms with E-state index < -0.39 is 9.84 Å². The summed E-state index contributed by atoms with van der Waals surface area (Å²) in [5.41, 5.74) is 0.795. The second kappa shape index (κ2) is 8.99. The minimum absolute atomic E-state index is 0.0318. The molecule has 0 aliphatic carbocycles. The quantitative estimate of drug-likeness (QED) is 0.381. The summed E-state index contributed by atoms with van der Waals surface area (Å²) in [5.74, 6) is 1.91. The molecule has 3 aromatic rings. The summed E-state index contributed by atoms with van der Waals surface area (Å²) >= 11 is 0. The number of hydrogen-bond acceptors (Lipinski definition) is 4. The zero-order valence-electron chi connectivity index (χ0n) is 19.7. The summed E-state index contributed by atoms with van der Waals surface area (Å²) in [6.45, 7) is 12.5. The van der Waals surface area contributed by atoms with E-state index in [0.29, 0.717) is 11.5 Å². The average Bonchev–Trinajstić information content (AvgIpc) is 2.73. The summed E-state index contributed by atoms with van der Waals surface area (Å²) in [7, 11) is -3.60. The molecule has 3 rings (SSSR count). The van der Waals surface area contributed by atoms with Gasteiger partial charge in [0.15, 0.2) is 0 Å². The standard InChI is InChI=1S/C27H32O4S/c1-7-27(5,6)31-23-10-8-9-22(19-23)30-21-13-17-25(18-14-21)32(28,29)24-15-11-20(12-16-24)26(2,3)4/h8-19H,7H2,1-6H3. The lowest BCUT2D eigenvalue weighted by Gasteiger charge is -2.25. The molecule has 0 bridgehead atoms. The molecule has 0 N–H and O–H groups in total. The molecule has 5 heteroatoms. The Balaban J connectivity index is 1.76. The van der Waals surface area contributed by atoms with E-state index in [0.717, 1.165) is 17.7 Å². The summed E-state index contributed by atoms with van der Waals surface area (Å²) in [6, 6.07) is 21.0. The maximum absolute atomic E-state index is 13.0. The minimum Gasteiger partial charge on any atom is -0.488 e. The van der Waals surface area contributed by atoms with Gasteiger partial charge in [-0.15, -0.1) is 0 Å². The fourth-order valence-electron chi connectivity index (χ4n) is 3.09. The highest BCUT2D eigenvalue weighted by Gasteiger charge is 2.20. The number of hydrogen-bond donors (Lipinski definition) is 0. The number of benzene rings is 3. The molecule has 0 radical (unpaired) electrons. The topological polar surface area (TPSA) is 52.6 Å². The van der Waals surface area contributed by atoms with Gasteiger partial charge in [0.2, 0.25) is 9.84 Å². The Morgan fingerprint density at radius 3 is 1.78 bits per heavy atom. The van der Waals surface area contributed by atoms with Crippen molar-refractivity contribution in [3.8, 4) is 17.2 Å². The number of rotatable bonds is 7. The molecule has 32 heavy (non-hydrogen) atoms. The van der Waals surface area contributed by atoms with Gasteiger partial charge in [0.05, 0.1) is 9.79 Å². The Bertz CT molecular complexity index is 1150. The van der Waals surface area contributed by atoms with Gasteiger partial charge < -0.3 is 9.47 Å². The van der Waals surface area contributed by atoms with E-state index in [1.54, 1.807) is 36.4 Å². The lowest BCUT2D eigenvalue weighted by atomic mass is 9.87. The summed E-state index contributed by atoms with van der Waals surface area (Å²) in [6.07, 6.45) is 0.882. The normalized spacial score (nSPS) is 12.4. The van der Waals surface area contributed by atoms with Crippen molar-refractivity contribution in [2.75, 3.05) is 0 Å². The van der Waals surface area contributed by atoms with Crippen molar-refractivity contribution < 1.29 is 17.9 Å². The van der Waals surface area contributed by atoms with Gasteiger partial charge in [-0.3, -0.25) is 0 Å². The van der Waals surface area contributed by atoms with Crippen LogP contribution in [0.2, 0.25) is 0 Å². The van der Waals surface area contributed by atoms with E-state index in [4.69, 9.17) is 9.47 Å². The van der Waals surface area contributed by atoms with Crippen LogP contribution in [0.1, 0.15) is 53.5 Å². The van der Waals surface area contributed by atoms with E-state index in [9.17, 15) is 8.42 Å². The monoisotopic (exact) mass is 452 g/mol. The zero-order chi connectivity index (χ0) is 23.6. The Morgan fingerprint density at radius 1 is 0.719 bits per heavy atom. The number of sulfone groups is 1. The Morgan fingerprint density at radius 2 is 1.25 bits per heavy atom. The molecule has 4 nitrogen and oxygen atoms in total. The fourth-order valence-corrected chi connectivity index (χ4v) is 4.35. The Labute approximate surface area is 192 Å². The first kappa shape index (κ1) is 23.9. The molecule has 0 aliphatic rings. The van der Waals surface area contributed by atoms with E-state index in [1.165, 1.54) is 0 Å². The van der Waals surface area contributed by atoms with Crippen molar-refractivity contribution in [3.05, 3.63) is 78.4 Å². The molecule has 0 saturated carbocycles. The molecule has 0 saturated heterocycles. The van der Waals surface area contributed by atoms with Crippen molar-refractivity contribution in [2.45, 2.75) is 68.8 Å². The average molecular weight is 453 g/mol. The van der Waals surface area contributed by atoms with Crippen LogP contribution in [0.4, 0.5) is 0 Å². The third-order valence-corrected chi connectivity index (χ3v) is 7.24. The van der Waals surface area contributed by atoms with Gasteiger partial charge in [0.25, 0.3) is 0 Å². The van der Waals surface area contributed by atoms with Crippen LogP contribution in [0.15, 0.2) is 82.6 Å². The summed E-state index contributed by atoms with van der Waals surface area (Å²) in [5, 5.41) is 0. The summed E-state index contributed by atoms with van der Waals surface area (Å²) < 4.78 is 38.0. The van der Waals surface area contributed by atoms with Gasteiger partial charge in [-0.05, 0) is 79.8 Å². The molecular formula is C27H32O4S. The lowest BCUT2D eigenvalue weighted by Crippen LogP contribution is -2.26. The molecule has 0 spiro atoms. The first-order chi connectivity index (χ1) is 14.9. The largest absolute Gasteiger partial charge is 0.488 e. The van der Waals surface area contributed by atoms with Crippen LogP contribution in [0.5, 0.6) is 17.2 Å². The highest BCUT2D eigenvalue weighted by atomic mass is 32.2. The Kier molecular flexibility index (Phi) is 6.70. The van der Waals surface area contributed by atoms with Crippen molar-refractivity contribution in [1.29, 1.82) is 0 Å². The third kappa shape index (κ3) is 5.71. The first-order valence-electron chi connectivity index (χ1n) is 10.8. The maximum atomic E-state index is 13.0. The van der Waals surface area contributed by atoms with Gasteiger partial charge in [-0.1, -0.05) is 45.9 Å². The van der Waals surface area contributed by atoms with Crippen LogP contribution in [-0.2, 0) is 15.3 Å². The molecule has 0 aliphatic heterocycles. The maximum Gasteiger partial charge on any atom is 0.206 e. The van der Waals surface area contributed by atoms with Crippen molar-refractivity contribution >= 4 is 9.84 Å². The van der Waals surface area contributed by atoms with Crippen molar-refractivity contribution in [3.63, 3.8) is 0 Å². The predicted molar refractivity (Wildman–Crippen MR) is 129 cm³/mol. The minimum atomic E-state index is -3.60. The SMILES string of the molecule is CCC(C)(C)Oc1cccc(Oc2ccc(S(=O)(=O)c3ccc(C(C)(C)C)cc3)cc2)c1. The predicted octanol–water partition coefficient (Wildman–Crippen LogP) is 7.18. The molecular weight excluding hydrogens is 420 g/mol. The molecule has 0 amide bonds. The van der Waals surface area contributed by atoms with Crippen molar-refractivity contribution in [1.82, 2.24) is 0 Å². The molecule has 0 heterocycles. The molecule has 0 fully saturated rings. The lowest BCUT2D eigenvalue weighted by molar-refractivity contribution is 0.105. The van der Waals surface area contributed by atoms with Crippen LogP contribution in [0, 0.1) is 0 Å². The van der Waals surface area contributed by atoms with E-state index >= 15 is 0 Å². The van der Waals surface area contributed by atoms with Gasteiger partial charge in [-0.25, -0.2) is 8.42 Å². The van der Waals surface area contributed by atoms with Crippen molar-refractivity contribution in [2.24, 2.45) is 0 Å². The highest BCUT2D eigenvalue weighted by molar-refractivity contribution is 7.91. The van der Waals surface area contributed by atoms with Crippen LogP contribution >= 0.6 is 0 Å². The third-order valence-electron chi connectivity index (χ3n) is 5.45. The van der Waals surface area contributed by atoms with Crippen LogP contribution in [0.3, 0.4) is 0 Å². The van der Waals surface area contributed by atoms with E-state index in [1.807, 2.05) is 50.2 Å². The van der Waals surface area contributed by atoms with E-state index in [2.05, 4.69) is 27.7 Å². The summed E-state index contributed by atoms with van der Waals surface area (Å²) in [4.78, 5) is 0.512. The second-order valence-corrected chi connectivity index (χ2v) is 11.5. The molecule has 170 valence electrons. The van der Waals surface area contributed by atoms with Gasteiger partial charge >= 0.3 is 0 Å². The van der Waals surface area contributed by atoms with Crippen LogP contribution in [-0.4, -0.2) is 14.0 Å². The zero-order valence-corrected chi connectivity index (χ0v) is 20.5. The van der Waals surface area contributed by atoms with Crippen LogP contribution < -0.4 is 9.47 Å². The fraction of sp³-hybridized carbons (Fsp3) is 0.333. The molecule has 3 aromatic carbocycles. The Hall–Kier alpha value is -2.79. The smallest absolute Gasteiger partial charge is 0.206 e. The molecule has 0 unspecified atom stereocenters. The van der Waals surface area contributed by atoms with Gasteiger partial charge in [0, 0.05) is 6.07 Å². The first-order valence-corrected chi connectivity index (χ1v) is 12.3. The van der Waals surface area contributed by atoms with Gasteiger partial charge in [0.1, 0.15) is 22.8 Å². The number of ether oxygens (including phenoxy) is 2. The highest BCUT2D eigenvalue weighted by Crippen LogP contribution is 2.30. The van der Waals surface area contributed by atoms with Crippen LogP contribution in [0.25, 0.3) is 0 Å².